The summed E-state index contributed by atoms with van der Waals surface area (Å²) in [5.41, 5.74) is 0.346. The number of ether oxygens (including phenoxy) is 1. The molecule has 2 saturated carbocycles. The lowest BCUT2D eigenvalue weighted by Gasteiger charge is -2.41. The standard InChI is InChI=1S/C26H33N5O3/c1-30(21-13-7-3-8-14-21)24(33)26(15-9-4-10-16-26)34-18-20-17-22(32)31-25(27-20)28-23(29-31)19-11-5-2-6-12-19/h2,5-6,11-12,17,21H,3-4,7-10,13-16,18H2,1H3,(H,27,28,29). The van der Waals surface area contributed by atoms with E-state index >= 15 is 0 Å². The Morgan fingerprint density at radius 1 is 1.12 bits per heavy atom. The number of H-pyrrole nitrogens is 1. The van der Waals surface area contributed by atoms with Gasteiger partial charge in [0.2, 0.25) is 5.78 Å². The molecule has 1 N–H and O–H groups in total. The highest BCUT2D eigenvalue weighted by Crippen LogP contribution is 2.35. The van der Waals surface area contributed by atoms with Gasteiger partial charge < -0.3 is 14.6 Å². The molecule has 8 heteroatoms. The number of aromatic amines is 1. The molecular weight excluding hydrogens is 430 g/mol. The van der Waals surface area contributed by atoms with Gasteiger partial charge in [-0.1, -0.05) is 68.9 Å². The van der Waals surface area contributed by atoms with Crippen molar-refractivity contribution in [3.63, 3.8) is 0 Å². The van der Waals surface area contributed by atoms with Crippen LogP contribution < -0.4 is 5.56 Å². The molecule has 0 unspecified atom stereocenters. The quantitative estimate of drug-likeness (QED) is 0.594. The Hall–Kier alpha value is -3.00. The van der Waals surface area contributed by atoms with E-state index in [0.29, 0.717) is 23.3 Å². The summed E-state index contributed by atoms with van der Waals surface area (Å²) in [6.45, 7) is 0.156. The molecule has 0 aliphatic heterocycles. The molecule has 180 valence electrons. The van der Waals surface area contributed by atoms with Crippen molar-refractivity contribution < 1.29 is 9.53 Å². The number of hydrogen-bond acceptors (Lipinski definition) is 5. The molecule has 0 spiro atoms. The van der Waals surface area contributed by atoms with Crippen LogP contribution in [0.2, 0.25) is 0 Å². The highest BCUT2D eigenvalue weighted by atomic mass is 16.5. The first-order valence-electron chi connectivity index (χ1n) is 12.5. The van der Waals surface area contributed by atoms with E-state index in [9.17, 15) is 9.59 Å². The number of aromatic nitrogens is 4. The summed E-state index contributed by atoms with van der Waals surface area (Å²) in [5, 5.41) is 4.35. The summed E-state index contributed by atoms with van der Waals surface area (Å²) in [5.74, 6) is 0.949. The van der Waals surface area contributed by atoms with Crippen LogP contribution in [0.3, 0.4) is 0 Å². The molecule has 1 aromatic carbocycles. The smallest absolute Gasteiger partial charge is 0.275 e. The van der Waals surface area contributed by atoms with Gasteiger partial charge in [0.15, 0.2) is 5.82 Å². The van der Waals surface area contributed by atoms with E-state index < -0.39 is 5.60 Å². The van der Waals surface area contributed by atoms with Crippen molar-refractivity contribution in [2.24, 2.45) is 0 Å². The Labute approximate surface area is 199 Å². The molecule has 0 saturated heterocycles. The third-order valence-electron chi connectivity index (χ3n) is 7.42. The number of nitrogens with zero attached hydrogens (tertiary/aromatic N) is 4. The summed E-state index contributed by atoms with van der Waals surface area (Å²) in [4.78, 5) is 36.1. The fourth-order valence-corrected chi connectivity index (χ4v) is 5.44. The Kier molecular flexibility index (Phi) is 6.50. The SMILES string of the molecule is CN(C(=O)C1(OCc2cc(=O)n3nc(-c4ccccc4)nc3[nH]2)CCCCC1)C1CCCCC1. The number of carbonyl (C=O) groups is 1. The normalized spacial score (nSPS) is 18.7. The summed E-state index contributed by atoms with van der Waals surface area (Å²) >= 11 is 0. The second kappa shape index (κ2) is 9.70. The van der Waals surface area contributed by atoms with Gasteiger partial charge in [-0.2, -0.15) is 9.50 Å². The maximum Gasteiger partial charge on any atom is 0.275 e. The van der Waals surface area contributed by atoms with E-state index in [1.54, 1.807) is 0 Å². The van der Waals surface area contributed by atoms with Crippen molar-refractivity contribution in [3.8, 4) is 11.4 Å². The van der Waals surface area contributed by atoms with E-state index in [1.807, 2.05) is 42.3 Å². The van der Waals surface area contributed by atoms with Gasteiger partial charge in [0.1, 0.15) is 5.60 Å². The van der Waals surface area contributed by atoms with Crippen LogP contribution >= 0.6 is 0 Å². The Morgan fingerprint density at radius 3 is 2.56 bits per heavy atom. The second-order valence-corrected chi connectivity index (χ2v) is 9.72. The lowest BCUT2D eigenvalue weighted by atomic mass is 9.82. The number of hydrogen-bond donors (Lipinski definition) is 1. The van der Waals surface area contributed by atoms with Crippen LogP contribution in [0.25, 0.3) is 17.2 Å². The summed E-state index contributed by atoms with van der Waals surface area (Å²) in [6, 6.07) is 11.3. The predicted octanol–water partition coefficient (Wildman–Crippen LogP) is 4.10. The third-order valence-corrected chi connectivity index (χ3v) is 7.42. The molecular formula is C26H33N5O3. The zero-order chi connectivity index (χ0) is 23.5. The lowest BCUT2D eigenvalue weighted by Crippen LogP contribution is -2.53. The van der Waals surface area contributed by atoms with Crippen molar-refractivity contribution in [3.05, 3.63) is 52.4 Å². The van der Waals surface area contributed by atoms with Gasteiger partial charge in [0.05, 0.1) is 6.61 Å². The molecule has 0 atom stereocenters. The number of benzene rings is 1. The van der Waals surface area contributed by atoms with Gasteiger partial charge in [0.25, 0.3) is 11.5 Å². The molecule has 0 bridgehead atoms. The average molecular weight is 464 g/mol. The number of likely N-dealkylation sites (N-methyl/N-ethyl adjacent to an activating group) is 1. The average Bonchev–Trinajstić information content (AvgIpc) is 3.33. The van der Waals surface area contributed by atoms with Crippen LogP contribution in [0.4, 0.5) is 0 Å². The molecule has 0 radical (unpaired) electrons. The largest absolute Gasteiger partial charge is 0.359 e. The van der Waals surface area contributed by atoms with Gasteiger partial charge in [0, 0.05) is 30.4 Å². The molecule has 2 aromatic heterocycles. The predicted molar refractivity (Wildman–Crippen MR) is 129 cm³/mol. The molecule has 2 heterocycles. The van der Waals surface area contributed by atoms with Gasteiger partial charge in [-0.25, -0.2) is 0 Å². The van der Waals surface area contributed by atoms with Crippen molar-refractivity contribution in [1.82, 2.24) is 24.5 Å². The van der Waals surface area contributed by atoms with Crippen molar-refractivity contribution in [2.45, 2.75) is 82.5 Å². The van der Waals surface area contributed by atoms with E-state index in [2.05, 4.69) is 15.1 Å². The molecule has 8 nitrogen and oxygen atoms in total. The minimum Gasteiger partial charge on any atom is -0.359 e. The van der Waals surface area contributed by atoms with Gasteiger partial charge in [-0.05, 0) is 25.7 Å². The van der Waals surface area contributed by atoms with Gasteiger partial charge >= 0.3 is 0 Å². The molecule has 2 aliphatic carbocycles. The fraction of sp³-hybridized carbons (Fsp3) is 0.538. The molecule has 1 amide bonds. The first-order valence-corrected chi connectivity index (χ1v) is 12.5. The number of rotatable bonds is 6. The van der Waals surface area contributed by atoms with E-state index in [0.717, 1.165) is 50.5 Å². The Balaban J connectivity index is 1.37. The highest BCUT2D eigenvalue weighted by molar-refractivity contribution is 5.85. The minimum absolute atomic E-state index is 0.0939. The molecule has 2 fully saturated rings. The zero-order valence-corrected chi connectivity index (χ0v) is 19.8. The second-order valence-electron chi connectivity index (χ2n) is 9.72. The lowest BCUT2D eigenvalue weighted by molar-refractivity contribution is -0.167. The number of amides is 1. The van der Waals surface area contributed by atoms with Gasteiger partial charge in [-0.3, -0.25) is 9.59 Å². The van der Waals surface area contributed by atoms with Crippen LogP contribution in [0, 0.1) is 0 Å². The molecule has 5 rings (SSSR count). The summed E-state index contributed by atoms with van der Waals surface area (Å²) in [6.07, 6.45) is 10.3. The van der Waals surface area contributed by atoms with E-state index in [1.165, 1.54) is 29.8 Å². The third kappa shape index (κ3) is 4.51. The maximum absolute atomic E-state index is 13.7. The number of carbonyl (C=O) groups excluding carboxylic acids is 1. The number of nitrogens with one attached hydrogen (secondary N) is 1. The fourth-order valence-electron chi connectivity index (χ4n) is 5.44. The monoisotopic (exact) mass is 463 g/mol. The van der Waals surface area contributed by atoms with Crippen LogP contribution in [0.5, 0.6) is 0 Å². The molecule has 2 aliphatic rings. The highest BCUT2D eigenvalue weighted by Gasteiger charge is 2.44. The maximum atomic E-state index is 13.7. The summed E-state index contributed by atoms with van der Waals surface area (Å²) < 4.78 is 7.68. The van der Waals surface area contributed by atoms with Crippen LogP contribution in [-0.2, 0) is 16.1 Å². The first-order chi connectivity index (χ1) is 16.6. The Bertz CT molecular complexity index is 1190. The Morgan fingerprint density at radius 2 is 1.82 bits per heavy atom. The van der Waals surface area contributed by atoms with E-state index in [4.69, 9.17) is 4.74 Å². The molecule has 3 aromatic rings. The first kappa shape index (κ1) is 22.8. The molecule has 34 heavy (non-hydrogen) atoms. The van der Waals surface area contributed by atoms with Crippen molar-refractivity contribution >= 4 is 11.7 Å². The van der Waals surface area contributed by atoms with Crippen molar-refractivity contribution in [2.75, 3.05) is 7.05 Å². The van der Waals surface area contributed by atoms with Crippen LogP contribution in [-0.4, -0.2) is 49.1 Å². The summed E-state index contributed by atoms with van der Waals surface area (Å²) in [7, 11) is 1.94. The van der Waals surface area contributed by atoms with E-state index in [-0.39, 0.29) is 18.1 Å². The van der Waals surface area contributed by atoms with Crippen LogP contribution in [0.1, 0.15) is 69.9 Å². The topological polar surface area (TPSA) is 92.6 Å². The van der Waals surface area contributed by atoms with Crippen LogP contribution in [0.15, 0.2) is 41.2 Å². The minimum atomic E-state index is -0.823. The number of fused-ring (bicyclic) bond motifs is 1. The van der Waals surface area contributed by atoms with Gasteiger partial charge in [-0.15, -0.1) is 5.10 Å². The van der Waals surface area contributed by atoms with Crippen molar-refractivity contribution in [1.29, 1.82) is 0 Å². The zero-order valence-electron chi connectivity index (χ0n) is 19.8.